The SMILES string of the molecule is C/C=C/c1ccc(OCC(=O)OCC(=O)NC(=O)NCCCC)c(OC)c1. The van der Waals surface area contributed by atoms with Crippen LogP contribution in [0.1, 0.15) is 32.3 Å². The number of carbonyl (C=O) groups excluding carboxylic acids is 3. The lowest BCUT2D eigenvalue weighted by Gasteiger charge is -2.11. The second-order valence-corrected chi connectivity index (χ2v) is 5.52. The average Bonchev–Trinajstić information content (AvgIpc) is 2.65. The number of nitrogens with one attached hydrogen (secondary N) is 2. The number of unbranched alkanes of at least 4 members (excludes halogenated alkanes) is 1. The lowest BCUT2D eigenvalue weighted by atomic mass is 10.2. The van der Waals surface area contributed by atoms with Gasteiger partial charge >= 0.3 is 12.0 Å². The van der Waals surface area contributed by atoms with Gasteiger partial charge in [-0.25, -0.2) is 9.59 Å². The minimum absolute atomic E-state index is 0.377. The van der Waals surface area contributed by atoms with Gasteiger partial charge in [0.15, 0.2) is 24.7 Å². The van der Waals surface area contributed by atoms with E-state index in [0.29, 0.717) is 18.0 Å². The summed E-state index contributed by atoms with van der Waals surface area (Å²) in [5.41, 5.74) is 0.929. The quantitative estimate of drug-likeness (QED) is 0.478. The second-order valence-electron chi connectivity index (χ2n) is 5.52. The lowest BCUT2D eigenvalue weighted by Crippen LogP contribution is -2.41. The van der Waals surface area contributed by atoms with Gasteiger partial charge in [0.25, 0.3) is 5.91 Å². The summed E-state index contributed by atoms with van der Waals surface area (Å²) in [4.78, 5) is 34.7. The smallest absolute Gasteiger partial charge is 0.344 e. The summed E-state index contributed by atoms with van der Waals surface area (Å²) in [6.07, 6.45) is 5.53. The molecule has 0 bridgehead atoms. The van der Waals surface area contributed by atoms with Gasteiger partial charge in [0, 0.05) is 6.54 Å². The van der Waals surface area contributed by atoms with Gasteiger partial charge in [0.05, 0.1) is 7.11 Å². The van der Waals surface area contributed by atoms with Crippen molar-refractivity contribution in [3.63, 3.8) is 0 Å². The van der Waals surface area contributed by atoms with Crippen LogP contribution in [0.25, 0.3) is 6.08 Å². The highest BCUT2D eigenvalue weighted by atomic mass is 16.6. The van der Waals surface area contributed by atoms with Crippen molar-refractivity contribution in [2.24, 2.45) is 0 Å². The van der Waals surface area contributed by atoms with E-state index in [4.69, 9.17) is 14.2 Å². The number of hydrogen-bond acceptors (Lipinski definition) is 6. The maximum atomic E-state index is 11.7. The Kier molecular flexibility index (Phi) is 10.1. The number of allylic oxidation sites excluding steroid dienone is 1. The van der Waals surface area contributed by atoms with Crippen LogP contribution in [0.3, 0.4) is 0 Å². The third-order valence-electron chi connectivity index (χ3n) is 3.33. The zero-order valence-corrected chi connectivity index (χ0v) is 15.9. The molecule has 1 rings (SSSR count). The Hall–Kier alpha value is -3.03. The van der Waals surface area contributed by atoms with E-state index in [-0.39, 0.29) is 0 Å². The molecular weight excluding hydrogens is 352 g/mol. The number of urea groups is 1. The Morgan fingerprint density at radius 3 is 2.59 bits per heavy atom. The molecule has 0 saturated heterocycles. The van der Waals surface area contributed by atoms with E-state index in [1.165, 1.54) is 7.11 Å². The second kappa shape index (κ2) is 12.3. The zero-order chi connectivity index (χ0) is 20.1. The molecule has 0 unspecified atom stereocenters. The van der Waals surface area contributed by atoms with E-state index in [2.05, 4.69) is 10.6 Å². The summed E-state index contributed by atoms with van der Waals surface area (Å²) in [5.74, 6) is -0.607. The Morgan fingerprint density at radius 2 is 1.93 bits per heavy atom. The van der Waals surface area contributed by atoms with Crippen molar-refractivity contribution in [1.82, 2.24) is 10.6 Å². The first kappa shape index (κ1) is 22.0. The minimum atomic E-state index is -0.740. The Bertz CT molecular complexity index is 672. The molecule has 1 aromatic rings. The molecule has 8 heteroatoms. The maximum Gasteiger partial charge on any atom is 0.344 e. The van der Waals surface area contributed by atoms with E-state index in [9.17, 15) is 14.4 Å². The van der Waals surface area contributed by atoms with Crippen molar-refractivity contribution in [2.45, 2.75) is 26.7 Å². The van der Waals surface area contributed by atoms with Crippen molar-refractivity contribution >= 4 is 24.0 Å². The standard InChI is InChI=1S/C19H26N2O6/c1-4-6-10-20-19(24)21-17(22)12-27-18(23)13-26-15-9-8-14(7-5-2)11-16(15)25-3/h5,7-9,11H,4,6,10,12-13H2,1-3H3,(H2,20,21,22,24)/b7-5+. The molecule has 0 aliphatic rings. The summed E-state index contributed by atoms with van der Waals surface area (Å²) in [6.45, 7) is 3.39. The van der Waals surface area contributed by atoms with Crippen molar-refractivity contribution < 1.29 is 28.6 Å². The van der Waals surface area contributed by atoms with Gasteiger partial charge in [-0.3, -0.25) is 10.1 Å². The summed E-state index contributed by atoms with van der Waals surface area (Å²) in [7, 11) is 1.50. The molecule has 0 fully saturated rings. The predicted molar refractivity (Wildman–Crippen MR) is 101 cm³/mol. The molecule has 1 aromatic carbocycles. The summed E-state index contributed by atoms with van der Waals surface area (Å²) >= 11 is 0. The normalized spacial score (nSPS) is 10.3. The monoisotopic (exact) mass is 378 g/mol. The van der Waals surface area contributed by atoms with Crippen molar-refractivity contribution in [3.05, 3.63) is 29.8 Å². The molecule has 27 heavy (non-hydrogen) atoms. The van der Waals surface area contributed by atoms with Crippen LogP contribution < -0.4 is 20.1 Å². The van der Waals surface area contributed by atoms with Crippen molar-refractivity contribution in [2.75, 3.05) is 26.9 Å². The lowest BCUT2D eigenvalue weighted by molar-refractivity contribution is -0.150. The van der Waals surface area contributed by atoms with E-state index in [1.54, 1.807) is 12.1 Å². The van der Waals surface area contributed by atoms with Gasteiger partial charge in [0.1, 0.15) is 0 Å². The first-order valence-corrected chi connectivity index (χ1v) is 8.67. The van der Waals surface area contributed by atoms with E-state index < -0.39 is 31.1 Å². The molecule has 2 N–H and O–H groups in total. The van der Waals surface area contributed by atoms with Gasteiger partial charge < -0.3 is 19.5 Å². The summed E-state index contributed by atoms with van der Waals surface area (Å²) < 4.78 is 15.4. The third-order valence-corrected chi connectivity index (χ3v) is 3.33. The molecule has 0 aromatic heterocycles. The molecule has 0 atom stereocenters. The van der Waals surface area contributed by atoms with Crippen LogP contribution in [0, 0.1) is 0 Å². The van der Waals surface area contributed by atoms with Crippen LogP contribution in [0.4, 0.5) is 4.79 Å². The highest BCUT2D eigenvalue weighted by molar-refractivity contribution is 5.95. The Balaban J connectivity index is 2.38. The molecule has 0 heterocycles. The van der Waals surface area contributed by atoms with Gasteiger partial charge in [-0.2, -0.15) is 0 Å². The van der Waals surface area contributed by atoms with Crippen molar-refractivity contribution in [1.29, 1.82) is 0 Å². The fraction of sp³-hybridized carbons (Fsp3) is 0.421. The zero-order valence-electron chi connectivity index (χ0n) is 15.9. The molecule has 8 nitrogen and oxygen atoms in total. The van der Waals surface area contributed by atoms with E-state index in [0.717, 1.165) is 18.4 Å². The first-order chi connectivity index (χ1) is 13.0. The van der Waals surface area contributed by atoms with Crippen LogP contribution in [0.2, 0.25) is 0 Å². The largest absolute Gasteiger partial charge is 0.493 e. The molecule has 0 radical (unpaired) electrons. The number of hydrogen-bond donors (Lipinski definition) is 2. The number of methoxy groups -OCH3 is 1. The molecule has 0 spiro atoms. The maximum absolute atomic E-state index is 11.7. The number of ether oxygens (including phenoxy) is 3. The van der Waals surface area contributed by atoms with Crippen LogP contribution in [0.5, 0.6) is 11.5 Å². The van der Waals surface area contributed by atoms with E-state index >= 15 is 0 Å². The number of benzene rings is 1. The van der Waals surface area contributed by atoms with E-state index in [1.807, 2.05) is 32.1 Å². The molecule has 148 valence electrons. The molecular formula is C19H26N2O6. The summed E-state index contributed by atoms with van der Waals surface area (Å²) in [6, 6.07) is 4.64. The average molecular weight is 378 g/mol. The fourth-order valence-electron chi connectivity index (χ4n) is 2.01. The topological polar surface area (TPSA) is 103 Å². The fourth-order valence-corrected chi connectivity index (χ4v) is 2.01. The number of carbonyl (C=O) groups is 3. The van der Waals surface area contributed by atoms with Gasteiger partial charge in [-0.1, -0.05) is 31.6 Å². The highest BCUT2D eigenvalue weighted by Gasteiger charge is 2.12. The van der Waals surface area contributed by atoms with Gasteiger partial charge in [-0.05, 0) is 31.0 Å². The minimum Gasteiger partial charge on any atom is -0.493 e. The predicted octanol–water partition coefficient (Wildman–Crippen LogP) is 2.28. The van der Waals surface area contributed by atoms with Crippen molar-refractivity contribution in [3.8, 4) is 11.5 Å². The number of amides is 3. The van der Waals surface area contributed by atoms with Gasteiger partial charge in [0.2, 0.25) is 0 Å². The number of esters is 1. The number of imide groups is 1. The van der Waals surface area contributed by atoms with Crippen LogP contribution in [-0.2, 0) is 14.3 Å². The van der Waals surface area contributed by atoms with Crippen LogP contribution in [0.15, 0.2) is 24.3 Å². The first-order valence-electron chi connectivity index (χ1n) is 8.67. The van der Waals surface area contributed by atoms with Crippen LogP contribution in [-0.4, -0.2) is 44.8 Å². The molecule has 3 amide bonds. The van der Waals surface area contributed by atoms with Crippen LogP contribution >= 0.6 is 0 Å². The third kappa shape index (κ3) is 8.75. The molecule has 0 aliphatic heterocycles. The van der Waals surface area contributed by atoms with Gasteiger partial charge in [-0.15, -0.1) is 0 Å². The summed E-state index contributed by atoms with van der Waals surface area (Å²) in [5, 5.41) is 4.59. The molecule has 0 aliphatic carbocycles. The highest BCUT2D eigenvalue weighted by Crippen LogP contribution is 2.28. The molecule has 0 saturated carbocycles. The number of rotatable bonds is 10. The Morgan fingerprint density at radius 1 is 1.15 bits per heavy atom. The Labute approximate surface area is 158 Å².